The molecule has 0 spiro atoms. The minimum Gasteiger partial charge on any atom is -0.490 e. The SMILES string of the molecule is CCOc1ccc(CCNC(=O)C2CCCC2)cc1OCC. The number of rotatable bonds is 8. The van der Waals surface area contributed by atoms with E-state index in [-0.39, 0.29) is 11.8 Å². The van der Waals surface area contributed by atoms with Crippen LogP contribution in [-0.4, -0.2) is 25.7 Å². The van der Waals surface area contributed by atoms with E-state index in [1.54, 1.807) is 0 Å². The van der Waals surface area contributed by atoms with Crippen molar-refractivity contribution in [3.63, 3.8) is 0 Å². The van der Waals surface area contributed by atoms with Crippen LogP contribution in [0.1, 0.15) is 45.1 Å². The molecule has 2 rings (SSSR count). The molecule has 0 atom stereocenters. The summed E-state index contributed by atoms with van der Waals surface area (Å²) in [5, 5.41) is 3.05. The van der Waals surface area contributed by atoms with Crippen molar-refractivity contribution < 1.29 is 14.3 Å². The number of carbonyl (C=O) groups is 1. The maximum atomic E-state index is 12.0. The van der Waals surface area contributed by atoms with E-state index < -0.39 is 0 Å². The quantitative estimate of drug-likeness (QED) is 0.801. The molecule has 0 saturated heterocycles. The fraction of sp³-hybridized carbons (Fsp3) is 0.611. The first kappa shape index (κ1) is 16.7. The summed E-state index contributed by atoms with van der Waals surface area (Å²) >= 11 is 0. The monoisotopic (exact) mass is 305 g/mol. The van der Waals surface area contributed by atoms with Crippen molar-refractivity contribution in [3.8, 4) is 11.5 Å². The summed E-state index contributed by atoms with van der Waals surface area (Å²) in [4.78, 5) is 12.0. The van der Waals surface area contributed by atoms with Gasteiger partial charge in [-0.15, -0.1) is 0 Å². The van der Waals surface area contributed by atoms with Crippen LogP contribution in [0.5, 0.6) is 11.5 Å². The van der Waals surface area contributed by atoms with Crippen LogP contribution in [0, 0.1) is 5.92 Å². The predicted molar refractivity (Wildman–Crippen MR) is 87.5 cm³/mol. The Bertz CT molecular complexity index is 481. The smallest absolute Gasteiger partial charge is 0.223 e. The first-order valence-electron chi connectivity index (χ1n) is 8.40. The topological polar surface area (TPSA) is 47.6 Å². The van der Waals surface area contributed by atoms with Gasteiger partial charge in [0.1, 0.15) is 0 Å². The summed E-state index contributed by atoms with van der Waals surface area (Å²) in [6.07, 6.45) is 5.28. The minimum atomic E-state index is 0.216. The Kier molecular flexibility index (Phi) is 6.56. The molecule has 122 valence electrons. The van der Waals surface area contributed by atoms with Crippen molar-refractivity contribution in [2.24, 2.45) is 5.92 Å². The van der Waals surface area contributed by atoms with Crippen LogP contribution in [-0.2, 0) is 11.2 Å². The van der Waals surface area contributed by atoms with E-state index in [0.29, 0.717) is 19.8 Å². The minimum absolute atomic E-state index is 0.216. The molecule has 1 aromatic rings. The van der Waals surface area contributed by atoms with Gasteiger partial charge in [0.15, 0.2) is 11.5 Å². The molecule has 0 bridgehead atoms. The molecule has 1 aliphatic rings. The van der Waals surface area contributed by atoms with Gasteiger partial charge in [0, 0.05) is 12.5 Å². The Hall–Kier alpha value is -1.71. The van der Waals surface area contributed by atoms with Crippen LogP contribution in [0.2, 0.25) is 0 Å². The fourth-order valence-corrected chi connectivity index (χ4v) is 2.91. The van der Waals surface area contributed by atoms with Crippen molar-refractivity contribution >= 4 is 5.91 Å². The molecule has 22 heavy (non-hydrogen) atoms. The van der Waals surface area contributed by atoms with Gasteiger partial charge in [-0.1, -0.05) is 18.9 Å². The molecular weight excluding hydrogens is 278 g/mol. The molecule has 1 saturated carbocycles. The molecule has 4 heteroatoms. The average Bonchev–Trinajstić information content (AvgIpc) is 3.04. The molecule has 1 N–H and O–H groups in total. The number of nitrogens with one attached hydrogen (secondary N) is 1. The Labute approximate surface area is 133 Å². The maximum absolute atomic E-state index is 12.0. The molecule has 0 radical (unpaired) electrons. The second-order valence-electron chi connectivity index (χ2n) is 5.67. The lowest BCUT2D eigenvalue weighted by Gasteiger charge is -2.13. The van der Waals surface area contributed by atoms with Crippen LogP contribution in [0.3, 0.4) is 0 Å². The lowest BCUT2D eigenvalue weighted by atomic mass is 10.1. The highest BCUT2D eigenvalue weighted by atomic mass is 16.5. The zero-order valence-corrected chi connectivity index (χ0v) is 13.7. The van der Waals surface area contributed by atoms with Gasteiger partial charge in [0.05, 0.1) is 13.2 Å². The number of carbonyl (C=O) groups excluding carboxylic acids is 1. The van der Waals surface area contributed by atoms with E-state index in [1.165, 1.54) is 12.8 Å². The number of amides is 1. The summed E-state index contributed by atoms with van der Waals surface area (Å²) in [6.45, 7) is 5.83. The van der Waals surface area contributed by atoms with Crippen molar-refractivity contribution in [2.75, 3.05) is 19.8 Å². The van der Waals surface area contributed by atoms with Crippen molar-refractivity contribution in [1.82, 2.24) is 5.32 Å². The lowest BCUT2D eigenvalue weighted by molar-refractivity contribution is -0.124. The number of ether oxygens (including phenoxy) is 2. The van der Waals surface area contributed by atoms with E-state index >= 15 is 0 Å². The van der Waals surface area contributed by atoms with Gasteiger partial charge in [-0.05, 0) is 50.8 Å². The number of hydrogen-bond acceptors (Lipinski definition) is 3. The van der Waals surface area contributed by atoms with Crippen LogP contribution in [0.4, 0.5) is 0 Å². The average molecular weight is 305 g/mol. The van der Waals surface area contributed by atoms with Gasteiger partial charge in [0.2, 0.25) is 5.91 Å². The third kappa shape index (κ3) is 4.65. The normalized spacial score (nSPS) is 14.8. The standard InChI is InChI=1S/C18H27NO3/c1-3-21-16-10-9-14(13-17(16)22-4-2)11-12-19-18(20)15-7-5-6-8-15/h9-10,13,15H,3-8,11-12H2,1-2H3,(H,19,20). The van der Waals surface area contributed by atoms with Gasteiger partial charge in [-0.3, -0.25) is 4.79 Å². The van der Waals surface area contributed by atoms with Crippen molar-refractivity contribution in [1.29, 1.82) is 0 Å². The second-order valence-corrected chi connectivity index (χ2v) is 5.67. The highest BCUT2D eigenvalue weighted by molar-refractivity contribution is 5.78. The Morgan fingerprint density at radius 2 is 1.82 bits per heavy atom. The van der Waals surface area contributed by atoms with Crippen LogP contribution >= 0.6 is 0 Å². The number of hydrogen-bond donors (Lipinski definition) is 1. The molecule has 0 aromatic heterocycles. The molecular formula is C18H27NO3. The summed E-state index contributed by atoms with van der Waals surface area (Å²) < 4.78 is 11.2. The molecule has 0 aliphatic heterocycles. The highest BCUT2D eigenvalue weighted by Crippen LogP contribution is 2.28. The van der Waals surface area contributed by atoms with Crippen LogP contribution in [0.25, 0.3) is 0 Å². The van der Waals surface area contributed by atoms with Gasteiger partial charge in [0.25, 0.3) is 0 Å². The number of benzene rings is 1. The van der Waals surface area contributed by atoms with Crippen LogP contribution < -0.4 is 14.8 Å². The fourth-order valence-electron chi connectivity index (χ4n) is 2.91. The maximum Gasteiger partial charge on any atom is 0.223 e. The molecule has 1 aliphatic carbocycles. The van der Waals surface area contributed by atoms with Gasteiger partial charge >= 0.3 is 0 Å². The highest BCUT2D eigenvalue weighted by Gasteiger charge is 2.21. The van der Waals surface area contributed by atoms with E-state index in [2.05, 4.69) is 5.32 Å². The molecule has 0 unspecified atom stereocenters. The van der Waals surface area contributed by atoms with Gasteiger partial charge in [-0.2, -0.15) is 0 Å². The van der Waals surface area contributed by atoms with Crippen LogP contribution in [0.15, 0.2) is 18.2 Å². The summed E-state index contributed by atoms with van der Waals surface area (Å²) in [7, 11) is 0. The summed E-state index contributed by atoms with van der Waals surface area (Å²) in [6, 6.07) is 5.99. The molecule has 1 amide bonds. The molecule has 4 nitrogen and oxygen atoms in total. The Morgan fingerprint density at radius 3 is 2.50 bits per heavy atom. The summed E-state index contributed by atoms with van der Waals surface area (Å²) in [5.74, 6) is 2.01. The zero-order valence-electron chi connectivity index (χ0n) is 13.7. The van der Waals surface area contributed by atoms with Crippen molar-refractivity contribution in [3.05, 3.63) is 23.8 Å². The molecule has 1 fully saturated rings. The summed E-state index contributed by atoms with van der Waals surface area (Å²) in [5.41, 5.74) is 1.15. The van der Waals surface area contributed by atoms with E-state index in [9.17, 15) is 4.79 Å². The molecule has 0 heterocycles. The van der Waals surface area contributed by atoms with E-state index in [4.69, 9.17) is 9.47 Å². The zero-order chi connectivity index (χ0) is 15.8. The van der Waals surface area contributed by atoms with Crippen molar-refractivity contribution in [2.45, 2.75) is 46.0 Å². The van der Waals surface area contributed by atoms with Gasteiger partial charge in [-0.25, -0.2) is 0 Å². The van der Waals surface area contributed by atoms with E-state index in [1.807, 2.05) is 32.0 Å². The largest absolute Gasteiger partial charge is 0.490 e. The third-order valence-corrected chi connectivity index (χ3v) is 4.05. The first-order valence-corrected chi connectivity index (χ1v) is 8.40. The predicted octanol–water partition coefficient (Wildman–Crippen LogP) is 3.33. The molecule has 1 aromatic carbocycles. The lowest BCUT2D eigenvalue weighted by Crippen LogP contribution is -2.30. The van der Waals surface area contributed by atoms with E-state index in [0.717, 1.165) is 36.3 Å². The Morgan fingerprint density at radius 1 is 1.14 bits per heavy atom. The second kappa shape index (κ2) is 8.66. The first-order chi connectivity index (χ1) is 10.7. The Balaban J connectivity index is 1.86. The third-order valence-electron chi connectivity index (χ3n) is 4.05. The van der Waals surface area contributed by atoms with Gasteiger partial charge < -0.3 is 14.8 Å².